The molecule has 2 aliphatic rings. The van der Waals surface area contributed by atoms with E-state index in [9.17, 15) is 4.79 Å². The fraction of sp³-hybridized carbons (Fsp3) is 0.400. The topological polar surface area (TPSA) is 57.7 Å². The number of rotatable bonds is 3. The number of nitrogens with zero attached hydrogens (tertiary/aromatic N) is 3. The summed E-state index contributed by atoms with van der Waals surface area (Å²) in [7, 11) is 2.14. The third-order valence-electron chi connectivity index (χ3n) is 5.09. The third-order valence-corrected chi connectivity index (χ3v) is 5.09. The van der Waals surface area contributed by atoms with E-state index in [-0.39, 0.29) is 11.8 Å². The second-order valence-electron chi connectivity index (χ2n) is 7.00. The number of pyridine rings is 1. The minimum absolute atomic E-state index is 0.0198. The highest BCUT2D eigenvalue weighted by Crippen LogP contribution is 2.27. The molecule has 1 atom stereocenters. The van der Waals surface area contributed by atoms with Crippen molar-refractivity contribution in [2.45, 2.75) is 6.42 Å². The molecule has 0 bridgehead atoms. The first-order valence-corrected chi connectivity index (χ1v) is 9.10. The molecule has 1 saturated heterocycles. The Bertz CT molecular complexity index is 770. The molecule has 1 amide bonds. The maximum Gasteiger partial charge on any atom is 0.231 e. The summed E-state index contributed by atoms with van der Waals surface area (Å²) in [5.74, 6) is 1.65. The second-order valence-corrected chi connectivity index (χ2v) is 7.00. The van der Waals surface area contributed by atoms with E-state index in [4.69, 9.17) is 4.74 Å². The van der Waals surface area contributed by atoms with Crippen LogP contribution in [0.25, 0.3) is 0 Å². The Balaban J connectivity index is 1.36. The van der Waals surface area contributed by atoms with Crippen LogP contribution in [0.5, 0.6) is 5.75 Å². The molecule has 3 heterocycles. The molecule has 4 rings (SSSR count). The van der Waals surface area contributed by atoms with Crippen LogP contribution in [-0.4, -0.2) is 55.6 Å². The van der Waals surface area contributed by atoms with Gasteiger partial charge in [0.1, 0.15) is 18.2 Å². The second kappa shape index (κ2) is 7.33. The standard InChI is InChI=1S/C20H24N4O2/c1-23-8-10-24(11-9-23)19-7-6-17(13-21-19)22-20(25)16-12-15-4-2-3-5-18(15)26-14-16/h2-7,13,16H,8-12,14H2,1H3,(H,22,25). The predicted molar refractivity (Wildman–Crippen MR) is 102 cm³/mol. The van der Waals surface area contributed by atoms with E-state index in [0.29, 0.717) is 13.0 Å². The van der Waals surface area contributed by atoms with Gasteiger partial charge in [0.05, 0.1) is 17.8 Å². The zero-order chi connectivity index (χ0) is 17.9. The number of carbonyl (C=O) groups excluding carboxylic acids is 1. The molecule has 136 valence electrons. The molecule has 1 fully saturated rings. The number of piperazine rings is 1. The molecule has 2 aromatic rings. The maximum absolute atomic E-state index is 12.6. The van der Waals surface area contributed by atoms with Crippen LogP contribution in [0.15, 0.2) is 42.6 Å². The Hall–Kier alpha value is -2.60. The van der Waals surface area contributed by atoms with Crippen LogP contribution in [0.2, 0.25) is 0 Å². The van der Waals surface area contributed by atoms with Crippen LogP contribution in [-0.2, 0) is 11.2 Å². The summed E-state index contributed by atoms with van der Waals surface area (Å²) < 4.78 is 5.71. The largest absolute Gasteiger partial charge is 0.492 e. The molecule has 0 aliphatic carbocycles. The Kier molecular flexibility index (Phi) is 4.75. The molecular weight excluding hydrogens is 328 g/mol. The number of anilines is 2. The van der Waals surface area contributed by atoms with Gasteiger partial charge in [-0.3, -0.25) is 4.79 Å². The van der Waals surface area contributed by atoms with Gasteiger partial charge in [0.15, 0.2) is 0 Å². The lowest BCUT2D eigenvalue weighted by Crippen LogP contribution is -2.44. The van der Waals surface area contributed by atoms with Crippen molar-refractivity contribution in [2.24, 2.45) is 5.92 Å². The summed E-state index contributed by atoms with van der Waals surface area (Å²) in [6, 6.07) is 11.8. The number of para-hydroxylation sites is 1. The van der Waals surface area contributed by atoms with Crippen molar-refractivity contribution >= 4 is 17.4 Å². The van der Waals surface area contributed by atoms with Gasteiger partial charge in [0.25, 0.3) is 0 Å². The minimum atomic E-state index is -0.179. The van der Waals surface area contributed by atoms with Gasteiger partial charge in [-0.1, -0.05) is 18.2 Å². The van der Waals surface area contributed by atoms with E-state index < -0.39 is 0 Å². The van der Waals surface area contributed by atoms with Gasteiger partial charge in [-0.2, -0.15) is 0 Å². The van der Waals surface area contributed by atoms with E-state index in [1.54, 1.807) is 6.20 Å². The van der Waals surface area contributed by atoms with Crippen LogP contribution >= 0.6 is 0 Å². The molecule has 26 heavy (non-hydrogen) atoms. The number of ether oxygens (including phenoxy) is 1. The zero-order valence-electron chi connectivity index (χ0n) is 15.0. The first-order valence-electron chi connectivity index (χ1n) is 9.10. The number of aromatic nitrogens is 1. The van der Waals surface area contributed by atoms with Crippen LogP contribution in [0, 0.1) is 5.92 Å². The van der Waals surface area contributed by atoms with E-state index in [0.717, 1.165) is 49.0 Å². The van der Waals surface area contributed by atoms with E-state index in [2.05, 4.69) is 27.1 Å². The average Bonchev–Trinajstić information content (AvgIpc) is 2.69. The van der Waals surface area contributed by atoms with Gasteiger partial charge in [-0.15, -0.1) is 0 Å². The number of amides is 1. The van der Waals surface area contributed by atoms with Crippen LogP contribution in [0.4, 0.5) is 11.5 Å². The normalized spacial score (nSPS) is 20.2. The Labute approximate surface area is 153 Å². The Morgan fingerprint density at radius 1 is 1.15 bits per heavy atom. The number of benzene rings is 1. The van der Waals surface area contributed by atoms with Crippen molar-refractivity contribution in [1.29, 1.82) is 0 Å². The number of likely N-dealkylation sites (N-methyl/N-ethyl adjacent to an activating group) is 1. The molecule has 0 radical (unpaired) electrons. The van der Waals surface area contributed by atoms with Crippen molar-refractivity contribution in [2.75, 3.05) is 50.1 Å². The molecule has 6 heteroatoms. The highest BCUT2D eigenvalue weighted by atomic mass is 16.5. The maximum atomic E-state index is 12.6. The molecular formula is C20H24N4O2. The fourth-order valence-electron chi connectivity index (χ4n) is 3.42. The van der Waals surface area contributed by atoms with E-state index in [1.807, 2.05) is 36.4 Å². The number of nitrogens with one attached hydrogen (secondary N) is 1. The number of hydrogen-bond acceptors (Lipinski definition) is 5. The summed E-state index contributed by atoms with van der Waals surface area (Å²) in [4.78, 5) is 21.7. The average molecular weight is 352 g/mol. The Morgan fingerprint density at radius 2 is 1.96 bits per heavy atom. The van der Waals surface area contributed by atoms with E-state index >= 15 is 0 Å². The zero-order valence-corrected chi connectivity index (χ0v) is 15.0. The van der Waals surface area contributed by atoms with Crippen LogP contribution in [0.1, 0.15) is 5.56 Å². The molecule has 6 nitrogen and oxygen atoms in total. The summed E-state index contributed by atoms with van der Waals surface area (Å²) in [5.41, 5.74) is 1.81. The van der Waals surface area contributed by atoms with Crippen molar-refractivity contribution in [1.82, 2.24) is 9.88 Å². The quantitative estimate of drug-likeness (QED) is 0.916. The third kappa shape index (κ3) is 3.65. The molecule has 1 N–H and O–H groups in total. The first kappa shape index (κ1) is 16.8. The van der Waals surface area contributed by atoms with Crippen LogP contribution in [0.3, 0.4) is 0 Å². The van der Waals surface area contributed by atoms with Gasteiger partial charge in [0.2, 0.25) is 5.91 Å². The van der Waals surface area contributed by atoms with Gasteiger partial charge in [-0.05, 0) is 37.2 Å². The minimum Gasteiger partial charge on any atom is -0.492 e. The van der Waals surface area contributed by atoms with Crippen molar-refractivity contribution in [3.8, 4) is 5.75 Å². The smallest absolute Gasteiger partial charge is 0.231 e. The van der Waals surface area contributed by atoms with Crippen molar-refractivity contribution in [3.63, 3.8) is 0 Å². The van der Waals surface area contributed by atoms with Gasteiger partial charge >= 0.3 is 0 Å². The predicted octanol–water partition coefficient (Wildman–Crippen LogP) is 2.02. The monoisotopic (exact) mass is 352 g/mol. The highest BCUT2D eigenvalue weighted by molar-refractivity contribution is 5.93. The first-order chi connectivity index (χ1) is 12.7. The van der Waals surface area contributed by atoms with Gasteiger partial charge in [0, 0.05) is 26.2 Å². The molecule has 0 saturated carbocycles. The lowest BCUT2D eigenvalue weighted by Gasteiger charge is -2.33. The summed E-state index contributed by atoms with van der Waals surface area (Å²) in [5, 5.41) is 2.97. The molecule has 2 aliphatic heterocycles. The molecule has 0 spiro atoms. The SMILES string of the molecule is CN1CCN(c2ccc(NC(=O)C3COc4ccccc4C3)cn2)CC1. The van der Waals surface area contributed by atoms with Gasteiger partial charge in [-0.25, -0.2) is 4.98 Å². The summed E-state index contributed by atoms with van der Waals surface area (Å²) in [6.45, 7) is 4.46. The lowest BCUT2D eigenvalue weighted by molar-refractivity contribution is -0.121. The molecule has 1 aromatic carbocycles. The van der Waals surface area contributed by atoms with E-state index in [1.165, 1.54) is 0 Å². The summed E-state index contributed by atoms with van der Waals surface area (Å²) >= 11 is 0. The van der Waals surface area contributed by atoms with Gasteiger partial charge < -0.3 is 19.9 Å². The molecule has 1 unspecified atom stereocenters. The highest BCUT2D eigenvalue weighted by Gasteiger charge is 2.26. The van der Waals surface area contributed by atoms with Crippen molar-refractivity contribution < 1.29 is 9.53 Å². The lowest BCUT2D eigenvalue weighted by atomic mass is 9.96. The fourth-order valence-corrected chi connectivity index (χ4v) is 3.42. The number of carbonyl (C=O) groups is 1. The number of hydrogen-bond donors (Lipinski definition) is 1. The van der Waals surface area contributed by atoms with Crippen molar-refractivity contribution in [3.05, 3.63) is 48.2 Å². The summed E-state index contributed by atoms with van der Waals surface area (Å²) in [6.07, 6.45) is 2.44. The Morgan fingerprint density at radius 3 is 2.73 bits per heavy atom. The molecule has 1 aromatic heterocycles. The van der Waals surface area contributed by atoms with Crippen LogP contribution < -0.4 is 15.0 Å². The number of fused-ring (bicyclic) bond motifs is 1.